The lowest BCUT2D eigenvalue weighted by Gasteiger charge is -2.20. The van der Waals surface area contributed by atoms with Crippen molar-refractivity contribution in [3.05, 3.63) is 0 Å². The number of rotatable bonds is 1. The zero-order valence-electron chi connectivity index (χ0n) is 9.09. The van der Waals surface area contributed by atoms with Gasteiger partial charge in [-0.15, -0.1) is 0 Å². The van der Waals surface area contributed by atoms with Gasteiger partial charge in [0.2, 0.25) is 5.91 Å². The van der Waals surface area contributed by atoms with Crippen LogP contribution in [0.1, 0.15) is 27.7 Å². The third-order valence-corrected chi connectivity index (χ3v) is 1.24. The van der Waals surface area contributed by atoms with Crippen LogP contribution in [0, 0.1) is 0 Å². The first-order valence-corrected chi connectivity index (χ1v) is 4.92. The lowest BCUT2D eigenvalue weighted by Crippen LogP contribution is -2.45. The van der Waals surface area contributed by atoms with Gasteiger partial charge in [-0.25, -0.2) is 0 Å². The summed E-state index contributed by atoms with van der Waals surface area (Å²) >= 11 is 0. The van der Waals surface area contributed by atoms with E-state index in [1.54, 1.807) is 0 Å². The molecule has 1 aliphatic heterocycles. The summed E-state index contributed by atoms with van der Waals surface area (Å²) in [4.78, 5) is 10.4. The molecule has 4 nitrogen and oxygen atoms in total. The van der Waals surface area contributed by atoms with Crippen LogP contribution in [0.4, 0.5) is 0 Å². The molecule has 1 unspecified atom stereocenters. The maximum absolute atomic E-state index is 10.4. The monoisotopic (exact) mass is 190 g/mol. The van der Waals surface area contributed by atoms with Crippen LogP contribution < -0.4 is 11.1 Å². The van der Waals surface area contributed by atoms with E-state index >= 15 is 0 Å². The predicted molar refractivity (Wildman–Crippen MR) is 54.5 cm³/mol. The van der Waals surface area contributed by atoms with Crippen LogP contribution in [0.5, 0.6) is 0 Å². The first kappa shape index (κ1) is 14.9. The van der Waals surface area contributed by atoms with Crippen molar-refractivity contribution < 1.29 is 9.53 Å². The van der Waals surface area contributed by atoms with Crippen molar-refractivity contribution in [3.63, 3.8) is 0 Å². The van der Waals surface area contributed by atoms with Gasteiger partial charge in [0.25, 0.3) is 0 Å². The van der Waals surface area contributed by atoms with Crippen molar-refractivity contribution in [1.82, 2.24) is 5.32 Å². The summed E-state index contributed by atoms with van der Waals surface area (Å²) in [5.74, 6) is -0.387. The van der Waals surface area contributed by atoms with Gasteiger partial charge in [0, 0.05) is 13.1 Å². The summed E-state index contributed by atoms with van der Waals surface area (Å²) in [5.41, 5.74) is 4.96. The minimum absolute atomic E-state index is 0.387. The molecular formula is C9H22N2O2. The Morgan fingerprint density at radius 1 is 1.38 bits per heavy atom. The molecule has 0 radical (unpaired) electrons. The molecule has 1 amide bonds. The molecule has 0 bridgehead atoms. The van der Waals surface area contributed by atoms with Gasteiger partial charge in [-0.3, -0.25) is 4.79 Å². The fraction of sp³-hybridized carbons (Fsp3) is 0.889. The molecular weight excluding hydrogens is 168 g/mol. The quantitative estimate of drug-likeness (QED) is 0.633. The maximum atomic E-state index is 10.4. The van der Waals surface area contributed by atoms with E-state index in [0.717, 1.165) is 6.54 Å². The third kappa shape index (κ3) is 7.74. The molecule has 0 aromatic rings. The van der Waals surface area contributed by atoms with E-state index in [1.807, 2.05) is 27.7 Å². The lowest BCUT2D eigenvalue weighted by molar-refractivity contribution is -0.130. The van der Waals surface area contributed by atoms with Gasteiger partial charge in [0.1, 0.15) is 6.10 Å². The minimum atomic E-state index is -0.418. The molecule has 1 atom stereocenters. The highest BCUT2D eigenvalue weighted by molar-refractivity contribution is 5.79. The van der Waals surface area contributed by atoms with Crippen molar-refractivity contribution in [3.8, 4) is 0 Å². The standard InChI is InChI=1S/C5H10N2O2.2C2H6/c6-5(8)4-3-7-1-2-9-4;2*1-2/h4,7H,1-3H2,(H2,6,8);2*1-2H3. The van der Waals surface area contributed by atoms with Crippen molar-refractivity contribution in [2.45, 2.75) is 33.8 Å². The molecule has 1 fully saturated rings. The molecule has 1 saturated heterocycles. The van der Waals surface area contributed by atoms with Gasteiger partial charge in [0.15, 0.2) is 0 Å². The van der Waals surface area contributed by atoms with Crippen LogP contribution in [0.2, 0.25) is 0 Å². The molecule has 0 aromatic carbocycles. The predicted octanol–water partition coefficient (Wildman–Crippen LogP) is 0.513. The molecule has 1 aliphatic rings. The van der Waals surface area contributed by atoms with Crippen LogP contribution in [0.3, 0.4) is 0 Å². The van der Waals surface area contributed by atoms with E-state index in [-0.39, 0.29) is 5.91 Å². The summed E-state index contributed by atoms with van der Waals surface area (Å²) in [5, 5.41) is 2.99. The highest BCUT2D eigenvalue weighted by atomic mass is 16.5. The average Bonchev–Trinajstić information content (AvgIpc) is 2.25. The number of hydrogen-bond donors (Lipinski definition) is 2. The Kier molecular flexibility index (Phi) is 13.0. The molecule has 80 valence electrons. The Hall–Kier alpha value is -0.610. The Labute approximate surface area is 80.8 Å². The fourth-order valence-electron chi connectivity index (χ4n) is 0.748. The average molecular weight is 190 g/mol. The number of ether oxygens (including phenoxy) is 1. The SMILES string of the molecule is CC.CC.NC(=O)C1CNCCO1. The maximum Gasteiger partial charge on any atom is 0.247 e. The first-order valence-electron chi connectivity index (χ1n) is 4.92. The molecule has 3 N–H and O–H groups in total. The summed E-state index contributed by atoms with van der Waals surface area (Å²) in [6, 6.07) is 0. The van der Waals surface area contributed by atoms with Crippen LogP contribution in [-0.4, -0.2) is 31.7 Å². The van der Waals surface area contributed by atoms with Crippen LogP contribution in [-0.2, 0) is 9.53 Å². The van der Waals surface area contributed by atoms with Crippen LogP contribution in [0.25, 0.3) is 0 Å². The number of amides is 1. The highest BCUT2D eigenvalue weighted by Crippen LogP contribution is 1.92. The number of nitrogens with one attached hydrogen (secondary N) is 1. The van der Waals surface area contributed by atoms with Gasteiger partial charge in [0.05, 0.1) is 6.61 Å². The third-order valence-electron chi connectivity index (χ3n) is 1.24. The number of nitrogens with two attached hydrogens (primary N) is 1. The van der Waals surface area contributed by atoms with E-state index in [1.165, 1.54) is 0 Å². The lowest BCUT2D eigenvalue weighted by atomic mass is 10.3. The van der Waals surface area contributed by atoms with E-state index in [4.69, 9.17) is 10.5 Å². The molecule has 1 heterocycles. The second-order valence-corrected chi connectivity index (χ2v) is 1.97. The molecule has 4 heteroatoms. The Morgan fingerprint density at radius 2 is 1.92 bits per heavy atom. The van der Waals surface area contributed by atoms with Gasteiger partial charge in [-0.05, 0) is 0 Å². The summed E-state index contributed by atoms with van der Waals surface area (Å²) in [6.45, 7) is 9.94. The second-order valence-electron chi connectivity index (χ2n) is 1.97. The van der Waals surface area contributed by atoms with Gasteiger partial charge in [-0.2, -0.15) is 0 Å². The zero-order chi connectivity index (χ0) is 10.7. The molecule has 0 aliphatic carbocycles. The van der Waals surface area contributed by atoms with Crippen molar-refractivity contribution in [2.24, 2.45) is 5.73 Å². The van der Waals surface area contributed by atoms with E-state index in [2.05, 4.69) is 5.32 Å². The van der Waals surface area contributed by atoms with Crippen molar-refractivity contribution in [2.75, 3.05) is 19.7 Å². The van der Waals surface area contributed by atoms with E-state index in [9.17, 15) is 4.79 Å². The Morgan fingerprint density at radius 3 is 2.15 bits per heavy atom. The molecule has 1 rings (SSSR count). The minimum Gasteiger partial charge on any atom is -0.367 e. The number of carbonyl (C=O) groups excluding carboxylic acids is 1. The van der Waals surface area contributed by atoms with Crippen LogP contribution >= 0.6 is 0 Å². The first-order chi connectivity index (χ1) is 6.30. The van der Waals surface area contributed by atoms with E-state index < -0.39 is 6.10 Å². The summed E-state index contributed by atoms with van der Waals surface area (Å²) in [7, 11) is 0. The summed E-state index contributed by atoms with van der Waals surface area (Å²) < 4.78 is 5.00. The van der Waals surface area contributed by atoms with E-state index in [0.29, 0.717) is 13.2 Å². The zero-order valence-corrected chi connectivity index (χ0v) is 9.09. The largest absolute Gasteiger partial charge is 0.367 e. The number of morpholine rings is 1. The molecule has 0 saturated carbocycles. The van der Waals surface area contributed by atoms with Gasteiger partial charge >= 0.3 is 0 Å². The second kappa shape index (κ2) is 11.4. The van der Waals surface area contributed by atoms with Gasteiger partial charge in [-0.1, -0.05) is 27.7 Å². The van der Waals surface area contributed by atoms with Gasteiger partial charge < -0.3 is 15.8 Å². The summed E-state index contributed by atoms with van der Waals surface area (Å²) in [6.07, 6.45) is -0.418. The Bertz CT molecular complexity index is 112. The molecule has 0 spiro atoms. The van der Waals surface area contributed by atoms with Crippen LogP contribution in [0.15, 0.2) is 0 Å². The molecule has 13 heavy (non-hydrogen) atoms. The molecule has 0 aromatic heterocycles. The fourth-order valence-corrected chi connectivity index (χ4v) is 0.748. The normalized spacial score (nSPS) is 20.2. The highest BCUT2D eigenvalue weighted by Gasteiger charge is 2.17. The number of primary amides is 1. The van der Waals surface area contributed by atoms with Crippen molar-refractivity contribution >= 4 is 5.91 Å². The number of carbonyl (C=O) groups is 1. The topological polar surface area (TPSA) is 64.4 Å². The number of hydrogen-bond acceptors (Lipinski definition) is 3. The Balaban J connectivity index is 0. The smallest absolute Gasteiger partial charge is 0.247 e. The van der Waals surface area contributed by atoms with Crippen molar-refractivity contribution in [1.29, 1.82) is 0 Å².